The van der Waals surface area contributed by atoms with Gasteiger partial charge in [-0.25, -0.2) is 0 Å². The van der Waals surface area contributed by atoms with E-state index in [2.05, 4.69) is 38.3 Å². The maximum Gasteiger partial charge on any atom is 0.225 e. The third-order valence-corrected chi connectivity index (χ3v) is 4.15. The molecule has 0 aromatic rings. The molecule has 3 nitrogen and oxygen atoms in total. The molecule has 18 heavy (non-hydrogen) atoms. The lowest BCUT2D eigenvalue weighted by molar-refractivity contribution is -0.132. The van der Waals surface area contributed by atoms with Crippen LogP contribution in [-0.4, -0.2) is 25.5 Å². The fourth-order valence-corrected chi connectivity index (χ4v) is 2.59. The lowest BCUT2D eigenvalue weighted by Crippen LogP contribution is -2.47. The summed E-state index contributed by atoms with van der Waals surface area (Å²) in [5, 5.41) is 6.51. The van der Waals surface area contributed by atoms with Gasteiger partial charge in [-0.15, -0.1) is 0 Å². The zero-order valence-electron chi connectivity index (χ0n) is 12.5. The van der Waals surface area contributed by atoms with Gasteiger partial charge in [-0.1, -0.05) is 27.7 Å². The second kappa shape index (κ2) is 7.13. The van der Waals surface area contributed by atoms with Crippen LogP contribution in [0, 0.1) is 17.3 Å². The summed E-state index contributed by atoms with van der Waals surface area (Å²) in [6.07, 6.45) is 4.63. The standard InChI is InChI=1S/C15H30N2O/c1-12(2)7-5-10-17-14(18)15(3,4)13-8-6-9-16-11-13/h12-13,16H,5-11H2,1-4H3,(H,17,18). The van der Waals surface area contributed by atoms with Gasteiger partial charge in [-0.05, 0) is 50.6 Å². The summed E-state index contributed by atoms with van der Waals surface area (Å²) in [6.45, 7) is 11.5. The molecule has 1 unspecified atom stereocenters. The molecule has 1 aliphatic heterocycles. The molecule has 1 saturated heterocycles. The van der Waals surface area contributed by atoms with Crippen molar-refractivity contribution < 1.29 is 4.79 Å². The van der Waals surface area contributed by atoms with E-state index in [0.29, 0.717) is 5.92 Å². The Morgan fingerprint density at radius 1 is 1.44 bits per heavy atom. The van der Waals surface area contributed by atoms with Crippen molar-refractivity contribution in [1.29, 1.82) is 0 Å². The molecule has 1 heterocycles. The summed E-state index contributed by atoms with van der Waals surface area (Å²) >= 11 is 0. The van der Waals surface area contributed by atoms with E-state index in [1.807, 2.05) is 0 Å². The first-order valence-corrected chi connectivity index (χ1v) is 7.43. The molecule has 0 aromatic heterocycles. The molecule has 0 aliphatic carbocycles. The summed E-state index contributed by atoms with van der Waals surface area (Å²) in [5.74, 6) is 1.41. The van der Waals surface area contributed by atoms with Crippen LogP contribution in [0.25, 0.3) is 0 Å². The Morgan fingerprint density at radius 3 is 2.72 bits per heavy atom. The molecule has 1 amide bonds. The Labute approximate surface area is 112 Å². The molecular formula is C15H30N2O. The largest absolute Gasteiger partial charge is 0.356 e. The van der Waals surface area contributed by atoms with Crippen LogP contribution >= 0.6 is 0 Å². The Kier molecular flexibility index (Phi) is 6.13. The van der Waals surface area contributed by atoms with Gasteiger partial charge >= 0.3 is 0 Å². The van der Waals surface area contributed by atoms with E-state index >= 15 is 0 Å². The molecule has 1 aliphatic rings. The fraction of sp³-hybridized carbons (Fsp3) is 0.933. The van der Waals surface area contributed by atoms with Crippen LogP contribution in [0.5, 0.6) is 0 Å². The Balaban J connectivity index is 2.33. The zero-order valence-corrected chi connectivity index (χ0v) is 12.5. The van der Waals surface area contributed by atoms with Gasteiger partial charge < -0.3 is 10.6 Å². The third-order valence-electron chi connectivity index (χ3n) is 4.15. The minimum absolute atomic E-state index is 0.222. The minimum atomic E-state index is -0.245. The molecule has 106 valence electrons. The molecule has 0 radical (unpaired) electrons. The lowest BCUT2D eigenvalue weighted by atomic mass is 9.74. The Bertz CT molecular complexity index is 255. The van der Waals surface area contributed by atoms with Crippen molar-refractivity contribution in [3.63, 3.8) is 0 Å². The molecule has 0 bridgehead atoms. The van der Waals surface area contributed by atoms with Gasteiger partial charge in [-0.2, -0.15) is 0 Å². The van der Waals surface area contributed by atoms with Gasteiger partial charge in [0.2, 0.25) is 5.91 Å². The van der Waals surface area contributed by atoms with Gasteiger partial charge in [0.25, 0.3) is 0 Å². The van der Waals surface area contributed by atoms with Crippen molar-refractivity contribution in [1.82, 2.24) is 10.6 Å². The SMILES string of the molecule is CC(C)CCCNC(=O)C(C)(C)C1CCCNC1. The van der Waals surface area contributed by atoms with Crippen molar-refractivity contribution in [3.05, 3.63) is 0 Å². The second-order valence-electron chi connectivity index (χ2n) is 6.56. The first-order chi connectivity index (χ1) is 8.44. The van der Waals surface area contributed by atoms with Crippen LogP contribution in [0.2, 0.25) is 0 Å². The van der Waals surface area contributed by atoms with Crippen LogP contribution in [-0.2, 0) is 4.79 Å². The first kappa shape index (κ1) is 15.5. The van der Waals surface area contributed by atoms with Crippen LogP contribution in [0.4, 0.5) is 0 Å². The topological polar surface area (TPSA) is 41.1 Å². The number of piperidine rings is 1. The van der Waals surface area contributed by atoms with E-state index < -0.39 is 0 Å². The van der Waals surface area contributed by atoms with Crippen molar-refractivity contribution in [2.24, 2.45) is 17.3 Å². The highest BCUT2D eigenvalue weighted by Gasteiger charge is 2.36. The molecule has 0 spiro atoms. The summed E-state index contributed by atoms with van der Waals surface area (Å²) in [7, 11) is 0. The van der Waals surface area contributed by atoms with E-state index in [0.717, 1.165) is 32.0 Å². The van der Waals surface area contributed by atoms with E-state index in [9.17, 15) is 4.79 Å². The van der Waals surface area contributed by atoms with Gasteiger partial charge in [0.1, 0.15) is 0 Å². The van der Waals surface area contributed by atoms with Crippen molar-refractivity contribution >= 4 is 5.91 Å². The number of carbonyl (C=O) groups is 1. The van der Waals surface area contributed by atoms with Gasteiger partial charge in [0, 0.05) is 12.0 Å². The van der Waals surface area contributed by atoms with E-state index in [1.165, 1.54) is 19.3 Å². The van der Waals surface area contributed by atoms with Crippen molar-refractivity contribution in [2.75, 3.05) is 19.6 Å². The highest BCUT2D eigenvalue weighted by Crippen LogP contribution is 2.31. The van der Waals surface area contributed by atoms with Crippen LogP contribution in [0.15, 0.2) is 0 Å². The van der Waals surface area contributed by atoms with Crippen LogP contribution < -0.4 is 10.6 Å². The van der Waals surface area contributed by atoms with Crippen molar-refractivity contribution in [2.45, 2.75) is 53.4 Å². The second-order valence-corrected chi connectivity index (χ2v) is 6.56. The third kappa shape index (κ3) is 4.60. The number of nitrogens with one attached hydrogen (secondary N) is 2. The van der Waals surface area contributed by atoms with Crippen LogP contribution in [0.3, 0.4) is 0 Å². The van der Waals surface area contributed by atoms with Gasteiger partial charge in [-0.3, -0.25) is 4.79 Å². The number of hydrogen-bond donors (Lipinski definition) is 2. The molecular weight excluding hydrogens is 224 g/mol. The normalized spacial score (nSPS) is 21.1. The predicted octanol–water partition coefficient (Wildman–Crippen LogP) is 2.56. The maximum atomic E-state index is 12.3. The van der Waals surface area contributed by atoms with E-state index in [1.54, 1.807) is 0 Å². The van der Waals surface area contributed by atoms with Gasteiger partial charge in [0.05, 0.1) is 0 Å². The number of carbonyl (C=O) groups excluding carboxylic acids is 1. The quantitative estimate of drug-likeness (QED) is 0.715. The average molecular weight is 254 g/mol. The number of rotatable bonds is 6. The maximum absolute atomic E-state index is 12.3. The summed E-state index contributed by atoms with van der Waals surface area (Å²) < 4.78 is 0. The molecule has 0 aromatic carbocycles. The molecule has 1 fully saturated rings. The summed E-state index contributed by atoms with van der Waals surface area (Å²) in [5.41, 5.74) is -0.245. The highest BCUT2D eigenvalue weighted by atomic mass is 16.2. The smallest absolute Gasteiger partial charge is 0.225 e. The molecule has 2 N–H and O–H groups in total. The van der Waals surface area contributed by atoms with E-state index in [4.69, 9.17) is 0 Å². The minimum Gasteiger partial charge on any atom is -0.356 e. The molecule has 0 saturated carbocycles. The summed E-state index contributed by atoms with van der Waals surface area (Å²) in [4.78, 5) is 12.3. The number of hydrogen-bond acceptors (Lipinski definition) is 2. The monoisotopic (exact) mass is 254 g/mol. The van der Waals surface area contributed by atoms with Crippen LogP contribution in [0.1, 0.15) is 53.4 Å². The highest BCUT2D eigenvalue weighted by molar-refractivity contribution is 5.82. The predicted molar refractivity (Wildman–Crippen MR) is 76.5 cm³/mol. The molecule has 1 rings (SSSR count). The zero-order chi connectivity index (χ0) is 13.6. The van der Waals surface area contributed by atoms with E-state index in [-0.39, 0.29) is 11.3 Å². The van der Waals surface area contributed by atoms with Crippen molar-refractivity contribution in [3.8, 4) is 0 Å². The average Bonchev–Trinajstić information content (AvgIpc) is 2.35. The molecule has 3 heteroatoms. The number of amides is 1. The van der Waals surface area contributed by atoms with Gasteiger partial charge in [0.15, 0.2) is 0 Å². The Morgan fingerprint density at radius 2 is 2.17 bits per heavy atom. The molecule has 1 atom stereocenters. The summed E-state index contributed by atoms with van der Waals surface area (Å²) in [6, 6.07) is 0. The Hall–Kier alpha value is -0.570. The first-order valence-electron chi connectivity index (χ1n) is 7.43. The fourth-order valence-electron chi connectivity index (χ4n) is 2.59. The lowest BCUT2D eigenvalue weighted by Gasteiger charge is -2.36.